The van der Waals surface area contributed by atoms with Gasteiger partial charge in [0, 0.05) is 122 Å². The van der Waals surface area contributed by atoms with Crippen molar-refractivity contribution in [3.8, 4) is 0 Å². The fourth-order valence-corrected chi connectivity index (χ4v) is 9.47. The monoisotopic (exact) mass is 936 g/mol. The number of rotatable bonds is 26. The summed E-state index contributed by atoms with van der Waals surface area (Å²) in [5, 5.41) is 8.37. The van der Waals surface area contributed by atoms with Gasteiger partial charge in [-0.3, -0.25) is 4.79 Å². The molecule has 374 valence electrons. The molecule has 1 amide bonds. The van der Waals surface area contributed by atoms with E-state index in [2.05, 4.69) is 211 Å². The third-order valence-electron chi connectivity index (χ3n) is 14.2. The maximum Gasteiger partial charge on any atom is 0.219 e. The molecule has 4 rings (SSSR count). The van der Waals surface area contributed by atoms with Crippen LogP contribution in [0, 0.1) is 11.8 Å². The predicted molar refractivity (Wildman–Crippen MR) is 306 cm³/mol. The smallest absolute Gasteiger partial charge is 0.219 e. The largest absolute Gasteiger partial charge is 0.392 e. The van der Waals surface area contributed by atoms with Gasteiger partial charge in [0.25, 0.3) is 0 Å². The predicted octanol–water partition coefficient (Wildman–Crippen LogP) is 13.6. The number of nitrogens with zero attached hydrogens (tertiary/aromatic N) is 5. The van der Waals surface area contributed by atoms with E-state index < -0.39 is 0 Å². The normalized spacial score (nSPS) is 15.7. The van der Waals surface area contributed by atoms with Crippen LogP contribution in [0.25, 0.3) is 22.0 Å². The number of amides is 1. The lowest BCUT2D eigenvalue weighted by Gasteiger charge is -2.34. The molecule has 69 heavy (non-hydrogen) atoms. The number of likely N-dealkylation sites (N-methyl/N-ethyl adjacent to an activating group) is 3. The minimum Gasteiger partial charge on any atom is -0.392 e. The number of hydrogen-bond donors (Lipinski definition) is 2. The van der Waals surface area contributed by atoms with E-state index in [4.69, 9.17) is 0 Å². The maximum atomic E-state index is 11.9. The molecule has 0 saturated carbocycles. The summed E-state index contributed by atoms with van der Waals surface area (Å²) in [6.45, 7) is 44.9. The molecule has 0 fully saturated rings. The number of carbonyl (C=O) groups excluding carboxylic acids is 1. The highest BCUT2D eigenvalue weighted by molar-refractivity contribution is 6.02. The van der Waals surface area contributed by atoms with Gasteiger partial charge >= 0.3 is 0 Å². The molecule has 0 spiro atoms. The van der Waals surface area contributed by atoms with Gasteiger partial charge in [-0.25, -0.2) is 0 Å². The van der Waals surface area contributed by atoms with Crippen molar-refractivity contribution in [2.45, 2.75) is 105 Å². The van der Waals surface area contributed by atoms with Crippen LogP contribution in [0.4, 0.5) is 17.1 Å². The van der Waals surface area contributed by atoms with Crippen LogP contribution in [0.3, 0.4) is 0 Å². The van der Waals surface area contributed by atoms with E-state index in [-0.39, 0.29) is 18.0 Å². The first kappa shape index (κ1) is 57.3. The standard InChI is InChI=1S/C31H43N3O.C30H46N4/c1-11-21(3)31-27(25(7)33(9)28-18-16-22(4)23(5)20-24(28)6)14-13-15-29(31)34(10)26(12-2)17-19-30(35)32-8;1-10-15-26(32(8)12-3)22-33(9)29-18-13-17-28-27(29)16-14-19-30(28)34(23(4)5)25(11-2)21-20-24(6)31-7/h11-16,18,23-24,26H,1-3,7,17,19-20H2,4-6,8-10H3,(H,32,35);11,13-14,16-19,25-26,31H,2,4,6,10,12,15,20-22H2,1,3,5,7-9H3. The first-order valence-electron chi connectivity index (χ1n) is 25.0. The zero-order valence-corrected chi connectivity index (χ0v) is 44.9. The summed E-state index contributed by atoms with van der Waals surface area (Å²) < 4.78 is 0. The second-order valence-corrected chi connectivity index (χ2v) is 18.9. The van der Waals surface area contributed by atoms with E-state index in [0.717, 1.165) is 71.8 Å². The van der Waals surface area contributed by atoms with Crippen LogP contribution < -0.4 is 25.3 Å². The fourth-order valence-electron chi connectivity index (χ4n) is 9.47. The molecule has 0 aliphatic heterocycles. The van der Waals surface area contributed by atoms with E-state index in [9.17, 15) is 4.79 Å². The molecule has 3 aromatic rings. The minimum absolute atomic E-state index is 0.0101. The van der Waals surface area contributed by atoms with Gasteiger partial charge < -0.3 is 35.1 Å². The van der Waals surface area contributed by atoms with Gasteiger partial charge in [-0.15, -0.1) is 13.2 Å². The number of allylic oxidation sites excluding steroid dienone is 8. The molecule has 3 aromatic carbocycles. The van der Waals surface area contributed by atoms with Gasteiger partial charge in [-0.2, -0.15) is 0 Å². The Morgan fingerprint density at radius 2 is 1.36 bits per heavy atom. The molecule has 0 bridgehead atoms. The van der Waals surface area contributed by atoms with Crippen molar-refractivity contribution in [1.82, 2.24) is 20.4 Å². The summed E-state index contributed by atoms with van der Waals surface area (Å²) in [5.74, 6) is 0.987. The van der Waals surface area contributed by atoms with Crippen LogP contribution >= 0.6 is 0 Å². The topological polar surface area (TPSA) is 57.3 Å². The molecule has 0 heterocycles. The summed E-state index contributed by atoms with van der Waals surface area (Å²) in [6.07, 6.45) is 16.6. The van der Waals surface area contributed by atoms with Crippen molar-refractivity contribution in [3.63, 3.8) is 0 Å². The van der Waals surface area contributed by atoms with E-state index in [1.54, 1.807) is 13.1 Å². The van der Waals surface area contributed by atoms with E-state index >= 15 is 0 Å². The van der Waals surface area contributed by atoms with Crippen LogP contribution in [-0.2, 0) is 4.79 Å². The molecule has 5 unspecified atom stereocenters. The summed E-state index contributed by atoms with van der Waals surface area (Å²) in [7, 11) is 12.2. The highest BCUT2D eigenvalue weighted by Crippen LogP contribution is 2.40. The third kappa shape index (κ3) is 15.0. The Morgan fingerprint density at radius 1 is 0.768 bits per heavy atom. The van der Waals surface area contributed by atoms with Crippen molar-refractivity contribution >= 4 is 45.0 Å². The van der Waals surface area contributed by atoms with Crippen molar-refractivity contribution in [1.29, 1.82) is 0 Å². The first-order valence-corrected chi connectivity index (χ1v) is 25.0. The van der Waals surface area contributed by atoms with Crippen molar-refractivity contribution in [2.24, 2.45) is 11.8 Å². The highest BCUT2D eigenvalue weighted by atomic mass is 16.1. The average molecular weight is 936 g/mol. The Balaban J connectivity index is 0.000000365. The molecule has 8 nitrogen and oxygen atoms in total. The summed E-state index contributed by atoms with van der Waals surface area (Å²) in [4.78, 5) is 23.4. The van der Waals surface area contributed by atoms with Crippen LogP contribution in [0.1, 0.15) is 97.6 Å². The van der Waals surface area contributed by atoms with Crippen molar-refractivity contribution in [2.75, 3.05) is 70.1 Å². The molecule has 0 saturated heterocycles. The lowest BCUT2D eigenvalue weighted by molar-refractivity contribution is -0.120. The Bertz CT molecular complexity index is 2330. The van der Waals surface area contributed by atoms with E-state index in [0.29, 0.717) is 30.7 Å². The Morgan fingerprint density at radius 3 is 1.93 bits per heavy atom. The van der Waals surface area contributed by atoms with Crippen molar-refractivity contribution in [3.05, 3.63) is 165 Å². The molecular weight excluding hydrogens is 847 g/mol. The van der Waals surface area contributed by atoms with E-state index in [1.165, 1.54) is 46.3 Å². The number of anilines is 3. The molecule has 2 N–H and O–H groups in total. The maximum absolute atomic E-state index is 11.9. The molecule has 8 heteroatoms. The number of nitrogens with one attached hydrogen (secondary N) is 2. The van der Waals surface area contributed by atoms with Crippen LogP contribution in [-0.4, -0.2) is 89.2 Å². The van der Waals surface area contributed by atoms with Gasteiger partial charge in [0.1, 0.15) is 0 Å². The van der Waals surface area contributed by atoms with Gasteiger partial charge in [0.15, 0.2) is 0 Å². The lowest BCUT2D eigenvalue weighted by Crippen LogP contribution is -2.40. The summed E-state index contributed by atoms with van der Waals surface area (Å²) in [5.41, 5.74) is 11.9. The average Bonchev–Trinajstić information content (AvgIpc) is 3.48. The van der Waals surface area contributed by atoms with Crippen LogP contribution in [0.5, 0.6) is 0 Å². The molecule has 0 aromatic heterocycles. The second kappa shape index (κ2) is 27.9. The van der Waals surface area contributed by atoms with E-state index in [1.807, 2.05) is 26.2 Å². The number of hydrogen-bond acceptors (Lipinski definition) is 7. The zero-order chi connectivity index (χ0) is 51.5. The molecular formula is C61H89N7O. The number of carbonyl (C=O) groups is 1. The van der Waals surface area contributed by atoms with Crippen molar-refractivity contribution < 1.29 is 4.79 Å². The Labute approximate surface area is 419 Å². The van der Waals surface area contributed by atoms with Gasteiger partial charge in [0.05, 0.1) is 6.04 Å². The van der Waals surface area contributed by atoms with Gasteiger partial charge in [-0.1, -0.05) is 133 Å². The molecule has 1 aliphatic carbocycles. The second-order valence-electron chi connectivity index (χ2n) is 18.9. The highest BCUT2D eigenvalue weighted by Gasteiger charge is 2.26. The third-order valence-corrected chi connectivity index (χ3v) is 14.2. The summed E-state index contributed by atoms with van der Waals surface area (Å²) in [6, 6.07) is 20.2. The molecule has 1 aliphatic rings. The minimum atomic E-state index is -0.0101. The van der Waals surface area contributed by atoms with Crippen LogP contribution in [0.2, 0.25) is 0 Å². The first-order chi connectivity index (χ1) is 32.8. The Kier molecular flexibility index (Phi) is 23.2. The SMILES string of the molecule is C=CC(=C)c1c(C(=C)N(C)C2=CC=C(C)C(C)CC2C)cccc1N(C)C(C=C)CCC(=O)NC.C=CC(CCC(=C)NC)N(C(=C)C)c1cccc2c(N(C)CC(CCC)N(C)CC)cccc12. The van der Waals surface area contributed by atoms with Crippen LogP contribution in [0.15, 0.2) is 154 Å². The molecule has 5 atom stereocenters. The number of benzene rings is 3. The Hall–Kier alpha value is -5.99. The fraction of sp³-hybridized carbons (Fsp3) is 0.426. The summed E-state index contributed by atoms with van der Waals surface area (Å²) >= 11 is 0. The quantitative estimate of drug-likeness (QED) is 0.0614. The zero-order valence-electron chi connectivity index (χ0n) is 44.9. The lowest BCUT2D eigenvalue weighted by atomic mass is 9.91. The molecule has 0 radical (unpaired) electrons. The number of fused-ring (bicyclic) bond motifs is 1. The van der Waals surface area contributed by atoms with Gasteiger partial charge in [-0.05, 0) is 101 Å². The van der Waals surface area contributed by atoms with Gasteiger partial charge in [0.2, 0.25) is 5.91 Å².